The number of ether oxygens (including phenoxy) is 2. The fraction of sp³-hybridized carbons (Fsp3) is 0.263. The second-order valence-corrected chi connectivity index (χ2v) is 13.2. The fourth-order valence-electron chi connectivity index (χ4n) is 5.62. The Labute approximate surface area is 295 Å². The molecule has 0 fully saturated rings. The number of esters is 1. The molecule has 0 unspecified atom stereocenters. The summed E-state index contributed by atoms with van der Waals surface area (Å²) in [5.74, 6) is 1.59. The highest BCUT2D eigenvalue weighted by molar-refractivity contribution is 6.33. The minimum Gasteiger partial charge on any atom is -0.465 e. The largest absolute Gasteiger partial charge is 0.465 e. The van der Waals surface area contributed by atoms with Gasteiger partial charge in [-0.25, -0.2) is 14.6 Å². The number of rotatable bonds is 11. The number of nitrogens with zero attached hydrogens (tertiary/aromatic N) is 5. The molecule has 0 aliphatic carbocycles. The number of aromatic amines is 1. The quantitative estimate of drug-likeness (QED) is 0.104. The van der Waals surface area contributed by atoms with Gasteiger partial charge in [0.1, 0.15) is 23.1 Å². The molecule has 0 saturated heterocycles. The van der Waals surface area contributed by atoms with Crippen LogP contribution in [0, 0.1) is 0 Å². The van der Waals surface area contributed by atoms with E-state index in [-0.39, 0.29) is 0 Å². The predicted octanol–water partition coefficient (Wildman–Crippen LogP) is 7.64. The molecule has 1 amide bonds. The van der Waals surface area contributed by atoms with E-state index in [0.29, 0.717) is 66.0 Å². The zero-order valence-corrected chi connectivity index (χ0v) is 29.1. The summed E-state index contributed by atoms with van der Waals surface area (Å²) in [6.07, 6.45) is 4.08. The van der Waals surface area contributed by atoms with Gasteiger partial charge in [-0.3, -0.25) is 4.98 Å². The molecule has 2 N–H and O–H groups in total. The zero-order valence-electron chi connectivity index (χ0n) is 28.4. The number of methoxy groups -OCH3 is 1. The lowest BCUT2D eigenvalue weighted by atomic mass is 10.0. The maximum Gasteiger partial charge on any atom is 0.410 e. The Bertz CT molecular complexity index is 2150. The second-order valence-electron chi connectivity index (χ2n) is 12.8. The van der Waals surface area contributed by atoms with Gasteiger partial charge >= 0.3 is 12.1 Å². The maximum atomic E-state index is 13.3. The van der Waals surface area contributed by atoms with Crippen molar-refractivity contribution in [2.24, 2.45) is 0 Å². The van der Waals surface area contributed by atoms with E-state index >= 15 is 0 Å². The first-order valence-electron chi connectivity index (χ1n) is 16.3. The number of halogens is 1. The third kappa shape index (κ3) is 8.18. The topological polar surface area (TPSA) is 135 Å². The number of pyridine rings is 2. The van der Waals surface area contributed by atoms with Gasteiger partial charge in [0.25, 0.3) is 0 Å². The number of hydrogen-bond donors (Lipinski definition) is 2. The number of nitrogens with one attached hydrogen (secondary N) is 2. The van der Waals surface area contributed by atoms with Crippen molar-refractivity contribution in [1.29, 1.82) is 0 Å². The van der Waals surface area contributed by atoms with Gasteiger partial charge in [-0.05, 0) is 56.2 Å². The number of amides is 1. The number of anilines is 1. The van der Waals surface area contributed by atoms with Gasteiger partial charge in [0.2, 0.25) is 0 Å². The molecular weight excluding hydrogens is 654 g/mol. The number of benzene rings is 3. The van der Waals surface area contributed by atoms with E-state index in [1.165, 1.54) is 7.11 Å². The van der Waals surface area contributed by atoms with Crippen molar-refractivity contribution in [3.8, 4) is 11.1 Å². The minimum absolute atomic E-state index is 0.317. The molecule has 3 aromatic heterocycles. The molecule has 0 saturated carbocycles. The highest BCUT2D eigenvalue weighted by Crippen LogP contribution is 2.30. The van der Waals surface area contributed by atoms with Gasteiger partial charge in [0.05, 0.1) is 18.2 Å². The van der Waals surface area contributed by atoms with E-state index in [9.17, 15) is 9.59 Å². The number of carbonyl (C=O) groups is 2. The number of aromatic nitrogens is 5. The van der Waals surface area contributed by atoms with Crippen LogP contribution in [0.15, 0.2) is 85.2 Å². The van der Waals surface area contributed by atoms with Crippen LogP contribution in [0.25, 0.3) is 32.8 Å². The molecule has 50 heavy (non-hydrogen) atoms. The molecule has 0 radical (unpaired) electrons. The van der Waals surface area contributed by atoms with Gasteiger partial charge < -0.3 is 24.7 Å². The molecule has 12 heteroatoms. The third-order valence-corrected chi connectivity index (χ3v) is 8.33. The van der Waals surface area contributed by atoms with Crippen molar-refractivity contribution in [3.63, 3.8) is 0 Å². The monoisotopic (exact) mass is 691 g/mol. The third-order valence-electron chi connectivity index (χ3n) is 8.01. The molecule has 6 rings (SSSR count). The molecule has 256 valence electrons. The first-order chi connectivity index (χ1) is 24.1. The summed E-state index contributed by atoms with van der Waals surface area (Å²) in [6, 6.07) is 23.0. The summed E-state index contributed by atoms with van der Waals surface area (Å²) in [6.45, 7) is 6.73. The number of hydrogen-bond acceptors (Lipinski definition) is 9. The average Bonchev–Trinajstić information content (AvgIpc) is 3.56. The van der Waals surface area contributed by atoms with Crippen LogP contribution in [-0.2, 0) is 28.9 Å². The number of H-pyrrole nitrogens is 1. The lowest BCUT2D eigenvalue weighted by Crippen LogP contribution is -2.37. The molecule has 3 heterocycles. The van der Waals surface area contributed by atoms with E-state index in [0.717, 1.165) is 32.8 Å². The average molecular weight is 692 g/mol. The van der Waals surface area contributed by atoms with Crippen LogP contribution >= 0.6 is 11.6 Å². The van der Waals surface area contributed by atoms with Crippen molar-refractivity contribution in [1.82, 2.24) is 30.0 Å². The van der Waals surface area contributed by atoms with Crippen LogP contribution in [0.1, 0.15) is 48.3 Å². The number of fused-ring (bicyclic) bond motifs is 3. The van der Waals surface area contributed by atoms with Crippen LogP contribution in [0.2, 0.25) is 5.02 Å². The lowest BCUT2D eigenvalue weighted by molar-refractivity contribution is 0.0235. The summed E-state index contributed by atoms with van der Waals surface area (Å²) < 4.78 is 10.6. The first-order valence-corrected chi connectivity index (χ1v) is 16.7. The van der Waals surface area contributed by atoms with E-state index in [1.54, 1.807) is 29.4 Å². The van der Waals surface area contributed by atoms with Gasteiger partial charge in [-0.15, -0.1) is 10.2 Å². The van der Waals surface area contributed by atoms with Crippen LogP contribution in [-0.4, -0.2) is 67.9 Å². The highest BCUT2D eigenvalue weighted by Gasteiger charge is 2.23. The Morgan fingerprint density at radius 2 is 1.70 bits per heavy atom. The van der Waals surface area contributed by atoms with Crippen molar-refractivity contribution in [3.05, 3.63) is 113 Å². The summed E-state index contributed by atoms with van der Waals surface area (Å²) in [5, 5.41) is 15.4. The second kappa shape index (κ2) is 14.9. The van der Waals surface area contributed by atoms with Gasteiger partial charge in [0.15, 0.2) is 0 Å². The minimum atomic E-state index is -0.651. The first kappa shape index (κ1) is 34.3. The van der Waals surface area contributed by atoms with Crippen molar-refractivity contribution in [2.45, 2.75) is 45.8 Å². The maximum absolute atomic E-state index is 13.3. The standard InChI is InChI=1S/C38H38ClN7O4/c1-38(2,3)50-37(48)46(23-24-10-12-27(31(39)20-24)25-8-6-5-7-9-25)19-16-34-43-33(44-45-34)15-18-41-35-29-14-17-40-22-30(29)28-13-11-26(36(47)49-4)21-32(28)42-35/h5-14,17,20-22H,15-16,18-19,23H2,1-4H3,(H,41,42)(H,43,44,45). The highest BCUT2D eigenvalue weighted by atomic mass is 35.5. The Morgan fingerprint density at radius 1 is 0.920 bits per heavy atom. The molecule has 0 aliphatic heterocycles. The Balaban J connectivity index is 1.12. The molecule has 0 aliphatic rings. The van der Waals surface area contributed by atoms with E-state index in [1.807, 2.05) is 81.4 Å². The molecule has 3 aromatic carbocycles. The molecule has 6 aromatic rings. The lowest BCUT2D eigenvalue weighted by Gasteiger charge is -2.27. The smallest absolute Gasteiger partial charge is 0.410 e. The summed E-state index contributed by atoms with van der Waals surface area (Å²) in [5.41, 5.74) is 3.27. The van der Waals surface area contributed by atoms with Gasteiger partial charge in [-0.2, -0.15) is 0 Å². The normalized spacial score (nSPS) is 11.5. The fourth-order valence-corrected chi connectivity index (χ4v) is 5.93. The Morgan fingerprint density at radius 3 is 2.44 bits per heavy atom. The summed E-state index contributed by atoms with van der Waals surface area (Å²) in [4.78, 5) is 39.5. The van der Waals surface area contributed by atoms with Crippen molar-refractivity contribution >= 4 is 51.2 Å². The van der Waals surface area contributed by atoms with Gasteiger partial charge in [-0.1, -0.05) is 60.1 Å². The van der Waals surface area contributed by atoms with Crippen LogP contribution in [0.4, 0.5) is 10.6 Å². The molecule has 0 bridgehead atoms. The van der Waals surface area contributed by atoms with Gasteiger partial charge in [0, 0.05) is 71.6 Å². The Kier molecular flexibility index (Phi) is 10.2. The summed E-state index contributed by atoms with van der Waals surface area (Å²) >= 11 is 6.68. The van der Waals surface area contributed by atoms with E-state index < -0.39 is 17.7 Å². The SMILES string of the molecule is COC(=O)c1ccc2c(c1)nc(NCCc1nnc(CCN(Cc3ccc(-c4ccccc4)c(Cl)c3)C(=O)OC(C)(C)C)[nH]1)c1ccncc12. The van der Waals surface area contributed by atoms with Crippen LogP contribution in [0.5, 0.6) is 0 Å². The predicted molar refractivity (Wildman–Crippen MR) is 194 cm³/mol. The van der Waals surface area contributed by atoms with Crippen molar-refractivity contribution in [2.75, 3.05) is 25.5 Å². The molecule has 11 nitrogen and oxygen atoms in total. The Hall–Kier alpha value is -5.55. The molecule has 0 atom stereocenters. The van der Waals surface area contributed by atoms with Crippen LogP contribution < -0.4 is 5.32 Å². The van der Waals surface area contributed by atoms with Crippen LogP contribution in [0.3, 0.4) is 0 Å². The van der Waals surface area contributed by atoms with E-state index in [4.69, 9.17) is 26.1 Å². The molecular formula is C38H38ClN7O4. The number of carbonyl (C=O) groups excluding carboxylic acids is 2. The van der Waals surface area contributed by atoms with E-state index in [2.05, 4.69) is 25.5 Å². The summed E-state index contributed by atoms with van der Waals surface area (Å²) in [7, 11) is 1.35. The zero-order chi connectivity index (χ0) is 35.3. The molecule has 0 spiro atoms. The van der Waals surface area contributed by atoms with Crippen molar-refractivity contribution < 1.29 is 19.1 Å².